The highest BCUT2D eigenvalue weighted by Crippen LogP contribution is 2.63. The van der Waals surface area contributed by atoms with Gasteiger partial charge in [0.2, 0.25) is 5.91 Å². The Labute approximate surface area is 196 Å². The average molecular weight is 454 g/mol. The zero-order valence-electron chi connectivity index (χ0n) is 19.6. The molecule has 1 aromatic rings. The van der Waals surface area contributed by atoms with Gasteiger partial charge in [0.25, 0.3) is 0 Å². The van der Waals surface area contributed by atoms with Gasteiger partial charge in [-0.2, -0.15) is 0 Å². The van der Waals surface area contributed by atoms with Crippen LogP contribution in [0.5, 0.6) is 0 Å². The first kappa shape index (κ1) is 22.6. The summed E-state index contributed by atoms with van der Waals surface area (Å²) in [4.78, 5) is 26.2. The predicted octanol–water partition coefficient (Wildman–Crippen LogP) is 5.76. The van der Waals surface area contributed by atoms with Crippen molar-refractivity contribution in [1.82, 2.24) is 5.32 Å². The van der Waals surface area contributed by atoms with Gasteiger partial charge >= 0.3 is 0 Å². The maximum absolute atomic E-state index is 14.5. The van der Waals surface area contributed by atoms with E-state index in [0.717, 1.165) is 49.5 Å². The van der Waals surface area contributed by atoms with Gasteiger partial charge < -0.3 is 10.4 Å². The number of carbonyl (C=O) groups excluding carboxylic acids is 2. The van der Waals surface area contributed by atoms with Gasteiger partial charge in [-0.3, -0.25) is 9.59 Å². The van der Waals surface area contributed by atoms with Crippen molar-refractivity contribution in [2.45, 2.75) is 89.5 Å². The van der Waals surface area contributed by atoms with Crippen LogP contribution in [0.2, 0.25) is 0 Å². The van der Waals surface area contributed by atoms with Gasteiger partial charge in [0, 0.05) is 23.5 Å². The Morgan fingerprint density at radius 3 is 2.76 bits per heavy atom. The number of aliphatic hydroxyl groups is 1. The summed E-state index contributed by atoms with van der Waals surface area (Å²) in [5.41, 5.74) is 1.94. The number of aliphatic hydroxyl groups excluding tert-OH is 1. The van der Waals surface area contributed by atoms with Crippen molar-refractivity contribution in [2.75, 3.05) is 0 Å². The third-order valence-electron chi connectivity index (χ3n) is 9.38. The largest absolute Gasteiger partial charge is 0.515 e. The number of allylic oxidation sites excluding steroid dienone is 1. The Bertz CT molecular complexity index is 966. The van der Waals surface area contributed by atoms with Gasteiger partial charge in [-0.1, -0.05) is 38.3 Å². The molecule has 0 spiro atoms. The maximum atomic E-state index is 14.5. The summed E-state index contributed by atoms with van der Waals surface area (Å²) in [5, 5.41) is 13.2. The molecule has 4 nitrogen and oxygen atoms in total. The molecule has 4 aliphatic rings. The zero-order chi connectivity index (χ0) is 23.2. The SMILES string of the molecule is C[C@]12CCC3c4cccc(F)c4CCC3C1[C@H](CCC(=O)NC1CCCCC1)/C(=C/O)C2=O. The summed E-state index contributed by atoms with van der Waals surface area (Å²) >= 11 is 0. The Kier molecular flexibility index (Phi) is 6.09. The van der Waals surface area contributed by atoms with Crippen molar-refractivity contribution >= 4 is 11.7 Å². The van der Waals surface area contributed by atoms with E-state index in [4.69, 9.17) is 0 Å². The highest BCUT2D eigenvalue weighted by molar-refractivity contribution is 6.03. The van der Waals surface area contributed by atoms with Crippen molar-refractivity contribution in [1.29, 1.82) is 0 Å². The van der Waals surface area contributed by atoms with Gasteiger partial charge in [-0.15, -0.1) is 0 Å². The van der Waals surface area contributed by atoms with Crippen molar-refractivity contribution in [3.63, 3.8) is 0 Å². The molecule has 3 fully saturated rings. The molecule has 0 heterocycles. The highest BCUT2D eigenvalue weighted by atomic mass is 19.1. The minimum absolute atomic E-state index is 0.0520. The maximum Gasteiger partial charge on any atom is 0.220 e. The van der Waals surface area contributed by atoms with Crippen LogP contribution in [0.4, 0.5) is 4.39 Å². The number of rotatable bonds is 4. The molecule has 0 saturated heterocycles. The number of benzene rings is 1. The molecule has 2 N–H and O–H groups in total. The molecule has 0 radical (unpaired) electrons. The second kappa shape index (κ2) is 8.88. The van der Waals surface area contributed by atoms with Crippen LogP contribution < -0.4 is 5.32 Å². The summed E-state index contributed by atoms with van der Waals surface area (Å²) in [5.74, 6) is 0.472. The Hall–Kier alpha value is -2.17. The van der Waals surface area contributed by atoms with E-state index < -0.39 is 5.41 Å². The van der Waals surface area contributed by atoms with Gasteiger partial charge in [0.1, 0.15) is 5.82 Å². The number of ketones is 1. The number of Topliss-reactive ketones (excluding diaryl/α,β-unsaturated/α-hetero) is 1. The van der Waals surface area contributed by atoms with Crippen LogP contribution >= 0.6 is 0 Å². The molecule has 0 bridgehead atoms. The fraction of sp³-hybridized carbons (Fsp3) is 0.643. The first-order valence-corrected chi connectivity index (χ1v) is 12.9. The number of nitrogens with one attached hydrogen (secondary N) is 1. The van der Waals surface area contributed by atoms with Crippen LogP contribution in [-0.2, 0) is 16.0 Å². The lowest BCUT2D eigenvalue weighted by Gasteiger charge is -2.49. The van der Waals surface area contributed by atoms with Crippen molar-refractivity contribution in [3.8, 4) is 0 Å². The molecular formula is C28H36FNO3. The van der Waals surface area contributed by atoms with Crippen LogP contribution in [0, 0.1) is 29.0 Å². The van der Waals surface area contributed by atoms with Crippen molar-refractivity contribution < 1.29 is 19.1 Å². The van der Waals surface area contributed by atoms with E-state index in [1.165, 1.54) is 19.3 Å². The van der Waals surface area contributed by atoms with Crippen molar-refractivity contribution in [3.05, 3.63) is 47.0 Å². The molecule has 0 aliphatic heterocycles. The van der Waals surface area contributed by atoms with Crippen molar-refractivity contribution in [2.24, 2.45) is 23.2 Å². The molecule has 5 heteroatoms. The van der Waals surface area contributed by atoms with Gasteiger partial charge in [0.15, 0.2) is 5.78 Å². The molecule has 1 amide bonds. The zero-order valence-corrected chi connectivity index (χ0v) is 19.6. The molecule has 1 aromatic carbocycles. The second-order valence-electron chi connectivity index (χ2n) is 11.1. The standard InChI is InChI=1S/C28H36FNO3/c1-28-15-14-19-18-8-5-9-24(29)20(18)10-11-21(19)26(28)22(23(16-31)27(28)33)12-13-25(32)30-17-6-3-2-4-7-17/h5,8-9,16-17,19,21-22,26,31H,2-4,6-7,10-15H2,1H3,(H,30,32)/b23-16-/t19?,21?,22-,26?,28+/m1/s1. The number of hydrogen-bond acceptors (Lipinski definition) is 3. The Balaban J connectivity index is 1.38. The number of halogens is 1. The summed E-state index contributed by atoms with van der Waals surface area (Å²) in [7, 11) is 0. The molecule has 5 atom stereocenters. The molecule has 3 saturated carbocycles. The minimum Gasteiger partial charge on any atom is -0.515 e. The third kappa shape index (κ3) is 3.81. The summed E-state index contributed by atoms with van der Waals surface area (Å²) in [6.07, 6.45) is 10.8. The lowest BCUT2D eigenvalue weighted by Crippen LogP contribution is -2.44. The number of fused-ring (bicyclic) bond motifs is 5. The van der Waals surface area contributed by atoms with E-state index >= 15 is 0 Å². The van der Waals surface area contributed by atoms with Crippen LogP contribution in [0.25, 0.3) is 0 Å². The average Bonchev–Trinajstić information content (AvgIpc) is 3.04. The van der Waals surface area contributed by atoms with Crippen LogP contribution in [0.3, 0.4) is 0 Å². The Morgan fingerprint density at radius 2 is 2.00 bits per heavy atom. The quantitative estimate of drug-likeness (QED) is 0.450. The van der Waals surface area contributed by atoms with E-state index in [9.17, 15) is 19.1 Å². The first-order chi connectivity index (χ1) is 15.9. The van der Waals surface area contributed by atoms with Crippen LogP contribution in [0.15, 0.2) is 30.0 Å². The molecule has 33 heavy (non-hydrogen) atoms. The first-order valence-electron chi connectivity index (χ1n) is 12.9. The summed E-state index contributed by atoms with van der Waals surface area (Å²) < 4.78 is 14.5. The van der Waals surface area contributed by atoms with Gasteiger partial charge in [-0.25, -0.2) is 4.39 Å². The predicted molar refractivity (Wildman–Crippen MR) is 125 cm³/mol. The van der Waals surface area contributed by atoms with E-state index in [1.54, 1.807) is 12.1 Å². The van der Waals surface area contributed by atoms with Gasteiger partial charge in [0.05, 0.1) is 6.26 Å². The van der Waals surface area contributed by atoms with E-state index in [1.807, 2.05) is 0 Å². The van der Waals surface area contributed by atoms with Gasteiger partial charge in [-0.05, 0) is 85.8 Å². The van der Waals surface area contributed by atoms with E-state index in [2.05, 4.69) is 18.3 Å². The fourth-order valence-corrected chi connectivity index (χ4v) is 7.84. The lowest BCUT2D eigenvalue weighted by atomic mass is 9.54. The number of amides is 1. The smallest absolute Gasteiger partial charge is 0.220 e. The molecule has 0 aromatic heterocycles. The topological polar surface area (TPSA) is 66.4 Å². The lowest BCUT2D eigenvalue weighted by molar-refractivity contribution is -0.127. The fourth-order valence-electron chi connectivity index (χ4n) is 7.84. The number of hydrogen-bond donors (Lipinski definition) is 2. The third-order valence-corrected chi connectivity index (χ3v) is 9.38. The second-order valence-corrected chi connectivity index (χ2v) is 11.1. The van der Waals surface area contributed by atoms with E-state index in [0.29, 0.717) is 24.8 Å². The van der Waals surface area contributed by atoms with Crippen LogP contribution in [0.1, 0.15) is 88.2 Å². The molecular weight excluding hydrogens is 417 g/mol. The molecule has 4 aliphatic carbocycles. The Morgan fingerprint density at radius 1 is 1.21 bits per heavy atom. The summed E-state index contributed by atoms with van der Waals surface area (Å²) in [6.45, 7) is 2.06. The monoisotopic (exact) mass is 453 g/mol. The normalized spacial score (nSPS) is 35.1. The highest BCUT2D eigenvalue weighted by Gasteiger charge is 2.60. The summed E-state index contributed by atoms with van der Waals surface area (Å²) in [6, 6.07) is 5.68. The number of carbonyl (C=O) groups is 2. The van der Waals surface area contributed by atoms with Crippen LogP contribution in [-0.4, -0.2) is 22.8 Å². The molecule has 5 rings (SSSR count). The molecule has 3 unspecified atom stereocenters. The molecule has 178 valence electrons. The van der Waals surface area contributed by atoms with E-state index in [-0.39, 0.29) is 47.2 Å². The minimum atomic E-state index is -0.509.